The first-order valence-electron chi connectivity index (χ1n) is 18.7. The van der Waals surface area contributed by atoms with Crippen molar-refractivity contribution in [2.45, 2.75) is 25.5 Å². The summed E-state index contributed by atoms with van der Waals surface area (Å²) >= 11 is 0. The second kappa shape index (κ2) is 17.8. The van der Waals surface area contributed by atoms with Gasteiger partial charge in [-0.15, -0.1) is 0 Å². The van der Waals surface area contributed by atoms with Crippen LogP contribution in [0.15, 0.2) is 97.2 Å². The minimum atomic E-state index is 0.314. The number of aldehydes is 1. The summed E-state index contributed by atoms with van der Waals surface area (Å²) in [6, 6.07) is 29.6. The van der Waals surface area contributed by atoms with E-state index in [4.69, 9.17) is 19.2 Å². The summed E-state index contributed by atoms with van der Waals surface area (Å²) < 4.78 is 17.0. The molecular formula is C44H47N7O4. The molecule has 0 amide bonds. The summed E-state index contributed by atoms with van der Waals surface area (Å²) in [7, 11) is 5.52. The fourth-order valence-electron chi connectivity index (χ4n) is 6.94. The van der Waals surface area contributed by atoms with Gasteiger partial charge in [-0.3, -0.25) is 9.69 Å². The van der Waals surface area contributed by atoms with Gasteiger partial charge in [0.15, 0.2) is 12.1 Å². The number of hydrogen-bond acceptors (Lipinski definition) is 11. The van der Waals surface area contributed by atoms with Crippen LogP contribution in [0.3, 0.4) is 0 Å². The molecule has 2 saturated heterocycles. The number of para-hydroxylation sites is 1. The van der Waals surface area contributed by atoms with Gasteiger partial charge in [-0.1, -0.05) is 42.2 Å². The molecule has 3 heterocycles. The first kappa shape index (κ1) is 37.2. The van der Waals surface area contributed by atoms with E-state index in [9.17, 15) is 4.79 Å². The van der Waals surface area contributed by atoms with Crippen molar-refractivity contribution in [1.82, 2.24) is 19.8 Å². The Morgan fingerprint density at radius 2 is 1.60 bits per heavy atom. The van der Waals surface area contributed by atoms with Crippen LogP contribution >= 0.6 is 0 Å². The van der Waals surface area contributed by atoms with E-state index in [0.29, 0.717) is 52.6 Å². The molecular weight excluding hydrogens is 691 g/mol. The van der Waals surface area contributed by atoms with Crippen molar-refractivity contribution in [3.8, 4) is 29.1 Å². The standard InChI is InChI=1S/C44H47N7O4/c1-49-23-25-51(26-24-49)37-19-21-50(22-20-37)38-14-17-40(42(28-38)54-3)47-44-45-29-34(43(48-44)46-36-7-5-4-6-8-36)13-9-32-12-18-41(35(27-32)30-52)55-31-33-10-15-39(53-2)16-11-33/h4-8,10-12,14-18,27-30,37H,19-26,31H2,1-3H3,(H2,45,46,47,48). The zero-order valence-corrected chi connectivity index (χ0v) is 31.6. The van der Waals surface area contributed by atoms with E-state index in [1.807, 2.05) is 66.7 Å². The van der Waals surface area contributed by atoms with Crippen LogP contribution in [-0.4, -0.2) is 92.6 Å². The lowest BCUT2D eigenvalue weighted by atomic mass is 10.0. The van der Waals surface area contributed by atoms with Gasteiger partial charge in [0.25, 0.3) is 0 Å². The summed E-state index contributed by atoms with van der Waals surface area (Å²) in [6.45, 7) is 6.97. The molecule has 4 aromatic carbocycles. The molecule has 282 valence electrons. The van der Waals surface area contributed by atoms with E-state index in [-0.39, 0.29) is 0 Å². The molecule has 2 aliphatic heterocycles. The maximum atomic E-state index is 12.0. The number of piperidine rings is 1. The van der Waals surface area contributed by atoms with Gasteiger partial charge in [0, 0.05) is 68.3 Å². The van der Waals surface area contributed by atoms with Crippen LogP contribution < -0.4 is 29.7 Å². The molecule has 5 aromatic rings. The smallest absolute Gasteiger partial charge is 0.229 e. The molecule has 11 heteroatoms. The van der Waals surface area contributed by atoms with Crippen LogP contribution in [-0.2, 0) is 6.61 Å². The third-order valence-electron chi connectivity index (χ3n) is 10.2. The van der Waals surface area contributed by atoms with Crippen molar-refractivity contribution in [1.29, 1.82) is 0 Å². The lowest BCUT2D eigenvalue weighted by Gasteiger charge is -2.42. The monoisotopic (exact) mass is 737 g/mol. The Bertz CT molecular complexity index is 2120. The molecule has 2 fully saturated rings. The zero-order chi connectivity index (χ0) is 38.0. The fraction of sp³-hybridized carbons (Fsp3) is 0.295. The van der Waals surface area contributed by atoms with Crippen molar-refractivity contribution in [3.63, 3.8) is 0 Å². The Balaban J connectivity index is 1.06. The molecule has 1 aromatic heterocycles. The van der Waals surface area contributed by atoms with Crippen LogP contribution in [0.2, 0.25) is 0 Å². The highest BCUT2D eigenvalue weighted by molar-refractivity contribution is 5.80. The topological polar surface area (TPSA) is 104 Å². The van der Waals surface area contributed by atoms with E-state index < -0.39 is 0 Å². The highest BCUT2D eigenvalue weighted by Gasteiger charge is 2.27. The predicted octanol–water partition coefficient (Wildman–Crippen LogP) is 6.99. The molecule has 0 saturated carbocycles. The van der Waals surface area contributed by atoms with Gasteiger partial charge in [-0.05, 0) is 80.1 Å². The first-order valence-corrected chi connectivity index (χ1v) is 18.7. The molecule has 11 nitrogen and oxygen atoms in total. The van der Waals surface area contributed by atoms with Crippen molar-refractivity contribution in [2.75, 3.05) is 76.1 Å². The molecule has 2 N–H and O–H groups in total. The number of carbonyl (C=O) groups excluding carboxylic acids is 1. The molecule has 0 bridgehead atoms. The number of nitrogens with zero attached hydrogens (tertiary/aromatic N) is 5. The molecule has 0 unspecified atom stereocenters. The number of carbonyl (C=O) groups is 1. The maximum absolute atomic E-state index is 12.0. The predicted molar refractivity (Wildman–Crippen MR) is 217 cm³/mol. The van der Waals surface area contributed by atoms with Crippen LogP contribution in [0, 0.1) is 11.8 Å². The average molecular weight is 738 g/mol. The summed E-state index contributed by atoms with van der Waals surface area (Å²) in [6.07, 6.45) is 4.79. The quantitative estimate of drug-likeness (QED) is 0.102. The molecule has 55 heavy (non-hydrogen) atoms. The Labute approximate surface area is 323 Å². The third-order valence-corrected chi connectivity index (χ3v) is 10.2. The lowest BCUT2D eigenvalue weighted by molar-refractivity contribution is 0.0982. The Morgan fingerprint density at radius 1 is 0.818 bits per heavy atom. The van der Waals surface area contributed by atoms with Gasteiger partial charge >= 0.3 is 0 Å². The van der Waals surface area contributed by atoms with Gasteiger partial charge in [-0.25, -0.2) is 4.98 Å². The Morgan fingerprint density at radius 3 is 2.33 bits per heavy atom. The Hall–Kier alpha value is -6.09. The number of benzene rings is 4. The normalized spacial score (nSPS) is 15.1. The van der Waals surface area contributed by atoms with Gasteiger partial charge in [0.05, 0.1) is 37.2 Å². The largest absolute Gasteiger partial charge is 0.497 e. The molecule has 0 radical (unpaired) electrons. The molecule has 0 spiro atoms. The average Bonchev–Trinajstić information content (AvgIpc) is 3.24. The van der Waals surface area contributed by atoms with Crippen LogP contribution in [0.1, 0.15) is 39.9 Å². The Kier molecular flexibility index (Phi) is 12.1. The minimum absolute atomic E-state index is 0.314. The maximum Gasteiger partial charge on any atom is 0.229 e. The van der Waals surface area contributed by atoms with E-state index in [1.165, 1.54) is 0 Å². The van der Waals surface area contributed by atoms with Crippen LogP contribution in [0.25, 0.3) is 0 Å². The number of anilines is 5. The number of rotatable bonds is 12. The molecule has 2 aliphatic rings. The van der Waals surface area contributed by atoms with E-state index in [0.717, 1.165) is 86.8 Å². The SMILES string of the molecule is COc1ccc(COc2ccc(C#Cc3cnc(Nc4ccc(N5CCC(N6CCN(C)CC6)CC5)cc4OC)nc3Nc3ccccc3)cc2C=O)cc1. The summed E-state index contributed by atoms with van der Waals surface area (Å²) in [5, 5.41) is 6.76. The minimum Gasteiger partial charge on any atom is -0.497 e. The summed E-state index contributed by atoms with van der Waals surface area (Å²) in [4.78, 5) is 29.0. The fourth-order valence-corrected chi connectivity index (χ4v) is 6.94. The van der Waals surface area contributed by atoms with E-state index >= 15 is 0 Å². The highest BCUT2D eigenvalue weighted by atomic mass is 16.5. The number of aromatic nitrogens is 2. The van der Waals surface area contributed by atoms with Gasteiger partial charge < -0.3 is 34.6 Å². The molecule has 0 aliphatic carbocycles. The number of methoxy groups -OCH3 is 2. The number of likely N-dealkylation sites (N-methyl/N-ethyl adjacent to an activating group) is 1. The van der Waals surface area contributed by atoms with E-state index in [1.54, 1.807) is 32.5 Å². The second-order valence-electron chi connectivity index (χ2n) is 13.8. The highest BCUT2D eigenvalue weighted by Crippen LogP contribution is 2.34. The molecule has 7 rings (SSSR count). The van der Waals surface area contributed by atoms with Crippen LogP contribution in [0.5, 0.6) is 17.2 Å². The van der Waals surface area contributed by atoms with Gasteiger partial charge in [-0.2, -0.15) is 4.98 Å². The second-order valence-corrected chi connectivity index (χ2v) is 13.8. The zero-order valence-electron chi connectivity index (χ0n) is 31.6. The number of piperazine rings is 1. The lowest BCUT2D eigenvalue weighted by Crippen LogP contribution is -2.52. The van der Waals surface area contributed by atoms with E-state index in [2.05, 4.69) is 61.3 Å². The van der Waals surface area contributed by atoms with Crippen molar-refractivity contribution in [3.05, 3.63) is 119 Å². The van der Waals surface area contributed by atoms with Crippen molar-refractivity contribution in [2.24, 2.45) is 0 Å². The summed E-state index contributed by atoms with van der Waals surface area (Å²) in [5.74, 6) is 9.27. The number of nitrogens with one attached hydrogen (secondary N) is 2. The van der Waals surface area contributed by atoms with Gasteiger partial charge in [0.2, 0.25) is 5.95 Å². The van der Waals surface area contributed by atoms with Crippen molar-refractivity contribution < 1.29 is 19.0 Å². The number of ether oxygens (including phenoxy) is 3. The third kappa shape index (κ3) is 9.54. The van der Waals surface area contributed by atoms with Crippen LogP contribution in [0.4, 0.5) is 28.8 Å². The molecule has 0 atom stereocenters. The van der Waals surface area contributed by atoms with Gasteiger partial charge in [0.1, 0.15) is 23.9 Å². The van der Waals surface area contributed by atoms with Crippen molar-refractivity contribution >= 4 is 35.1 Å². The summed E-state index contributed by atoms with van der Waals surface area (Å²) in [5.41, 5.74) is 5.37. The number of hydrogen-bond donors (Lipinski definition) is 2. The first-order chi connectivity index (χ1) is 27.0.